The molecule has 114 valence electrons. The van der Waals surface area contributed by atoms with Crippen LogP contribution in [0.5, 0.6) is 0 Å². The van der Waals surface area contributed by atoms with Crippen LogP contribution in [0.25, 0.3) is 0 Å². The first-order valence-electron chi connectivity index (χ1n) is 6.99. The van der Waals surface area contributed by atoms with Gasteiger partial charge in [0.25, 0.3) is 0 Å². The fraction of sp³-hybridized carbons (Fsp3) is 0.467. The fourth-order valence-electron chi connectivity index (χ4n) is 2.35. The molecule has 1 aliphatic heterocycles. The molecule has 2 N–H and O–H groups in total. The molecule has 2 rings (SSSR count). The van der Waals surface area contributed by atoms with Crippen molar-refractivity contribution in [2.24, 2.45) is 0 Å². The molecule has 1 heterocycles. The number of halogens is 1. The summed E-state index contributed by atoms with van der Waals surface area (Å²) in [5.74, 6) is -0.0280. The monoisotopic (exact) mass is 309 g/mol. The summed E-state index contributed by atoms with van der Waals surface area (Å²) in [5.41, 5.74) is 1.87. The fourth-order valence-corrected chi connectivity index (χ4v) is 2.57. The van der Waals surface area contributed by atoms with Gasteiger partial charge >= 0.3 is 0 Å². The number of likely N-dealkylation sites (tertiary alicyclic amines) is 1. The molecule has 6 heteroatoms. The summed E-state index contributed by atoms with van der Waals surface area (Å²) >= 11 is 5.89. The van der Waals surface area contributed by atoms with Crippen LogP contribution in [0.4, 0.5) is 5.69 Å². The summed E-state index contributed by atoms with van der Waals surface area (Å²) < 4.78 is 0. The highest BCUT2D eigenvalue weighted by atomic mass is 35.5. The number of hydrogen-bond acceptors (Lipinski definition) is 3. The predicted octanol–water partition coefficient (Wildman–Crippen LogP) is 1.80. The first-order chi connectivity index (χ1) is 9.95. The van der Waals surface area contributed by atoms with Gasteiger partial charge in [0.15, 0.2) is 0 Å². The summed E-state index contributed by atoms with van der Waals surface area (Å²) in [6.45, 7) is 2.80. The minimum atomic E-state index is -0.105. The van der Waals surface area contributed by atoms with Gasteiger partial charge in [0.2, 0.25) is 11.8 Å². The van der Waals surface area contributed by atoms with E-state index >= 15 is 0 Å². The average molecular weight is 310 g/mol. The second kappa shape index (κ2) is 6.80. The molecule has 1 saturated heterocycles. The average Bonchev–Trinajstić information content (AvgIpc) is 2.42. The van der Waals surface area contributed by atoms with Gasteiger partial charge in [0, 0.05) is 36.8 Å². The van der Waals surface area contributed by atoms with Crippen molar-refractivity contribution in [3.8, 4) is 0 Å². The van der Waals surface area contributed by atoms with Gasteiger partial charge in [-0.15, -0.1) is 0 Å². The van der Waals surface area contributed by atoms with E-state index in [-0.39, 0.29) is 24.4 Å². The molecular formula is C15H20ClN3O2. The quantitative estimate of drug-likeness (QED) is 0.891. The third-order valence-corrected chi connectivity index (χ3v) is 3.89. The van der Waals surface area contributed by atoms with E-state index in [0.29, 0.717) is 18.0 Å². The smallest absolute Gasteiger partial charge is 0.239 e. The molecule has 21 heavy (non-hydrogen) atoms. The lowest BCUT2D eigenvalue weighted by Gasteiger charge is -2.29. The minimum Gasteiger partial charge on any atom is -0.376 e. The van der Waals surface area contributed by atoms with Crippen molar-refractivity contribution in [3.63, 3.8) is 0 Å². The number of piperidine rings is 1. The van der Waals surface area contributed by atoms with E-state index in [9.17, 15) is 9.59 Å². The second-order valence-electron chi connectivity index (χ2n) is 5.39. The highest BCUT2D eigenvalue weighted by Crippen LogP contribution is 2.19. The van der Waals surface area contributed by atoms with Crippen molar-refractivity contribution in [1.29, 1.82) is 0 Å². The number of nitrogens with one attached hydrogen (secondary N) is 2. The number of carbonyl (C=O) groups excluding carboxylic acids is 2. The maximum Gasteiger partial charge on any atom is 0.239 e. The Bertz CT molecular complexity index is 548. The standard InChI is InChI=1S/C15H20ClN3O2/c1-10-7-11(16)3-4-13(10)17-9-14(20)18-12-5-6-19(2)15(21)8-12/h3-4,7,12,17H,5-6,8-9H2,1-2H3,(H,18,20). The lowest BCUT2D eigenvalue weighted by Crippen LogP contribution is -2.47. The van der Waals surface area contributed by atoms with Crippen LogP contribution in [0.15, 0.2) is 18.2 Å². The van der Waals surface area contributed by atoms with Crippen LogP contribution >= 0.6 is 11.6 Å². The zero-order valence-corrected chi connectivity index (χ0v) is 13.0. The predicted molar refractivity (Wildman–Crippen MR) is 83.5 cm³/mol. The largest absolute Gasteiger partial charge is 0.376 e. The number of rotatable bonds is 4. The summed E-state index contributed by atoms with van der Waals surface area (Å²) in [6, 6.07) is 5.42. The van der Waals surface area contributed by atoms with Crippen LogP contribution in [0, 0.1) is 6.92 Å². The summed E-state index contributed by atoms with van der Waals surface area (Å²) in [4.78, 5) is 25.2. The van der Waals surface area contributed by atoms with Crippen LogP contribution < -0.4 is 10.6 Å². The Kier molecular flexibility index (Phi) is 5.07. The molecule has 0 aliphatic carbocycles. The maximum atomic E-state index is 11.9. The summed E-state index contributed by atoms with van der Waals surface area (Å²) in [5, 5.41) is 6.65. The minimum absolute atomic E-state index is 0.0608. The Morgan fingerprint density at radius 3 is 2.90 bits per heavy atom. The van der Waals surface area contributed by atoms with E-state index in [1.54, 1.807) is 18.0 Å². The number of nitrogens with zero attached hydrogens (tertiary/aromatic N) is 1. The number of hydrogen-bond donors (Lipinski definition) is 2. The highest BCUT2D eigenvalue weighted by molar-refractivity contribution is 6.30. The van der Waals surface area contributed by atoms with E-state index in [4.69, 9.17) is 11.6 Å². The van der Waals surface area contributed by atoms with Crippen molar-refractivity contribution >= 4 is 29.1 Å². The molecule has 0 saturated carbocycles. The molecule has 5 nitrogen and oxygen atoms in total. The Hall–Kier alpha value is -1.75. The maximum absolute atomic E-state index is 11.9. The highest BCUT2D eigenvalue weighted by Gasteiger charge is 2.24. The van der Waals surface area contributed by atoms with Gasteiger partial charge in [-0.1, -0.05) is 11.6 Å². The molecular weight excluding hydrogens is 290 g/mol. The van der Waals surface area contributed by atoms with Gasteiger partial charge in [-0.25, -0.2) is 0 Å². The summed E-state index contributed by atoms with van der Waals surface area (Å²) in [6.07, 6.45) is 1.18. The van der Waals surface area contributed by atoms with Crippen LogP contribution in [0.1, 0.15) is 18.4 Å². The Labute approximate surface area is 129 Å². The Morgan fingerprint density at radius 2 is 2.24 bits per heavy atom. The number of benzene rings is 1. The van der Waals surface area contributed by atoms with Gasteiger partial charge in [0.05, 0.1) is 6.54 Å². The van der Waals surface area contributed by atoms with E-state index in [1.807, 2.05) is 19.1 Å². The third kappa shape index (κ3) is 4.36. The van der Waals surface area contributed by atoms with E-state index in [0.717, 1.165) is 17.7 Å². The van der Waals surface area contributed by atoms with Crippen LogP contribution in [-0.2, 0) is 9.59 Å². The van der Waals surface area contributed by atoms with Gasteiger partial charge < -0.3 is 15.5 Å². The number of carbonyl (C=O) groups is 2. The van der Waals surface area contributed by atoms with Crippen LogP contribution in [0.3, 0.4) is 0 Å². The van der Waals surface area contributed by atoms with Gasteiger partial charge in [-0.3, -0.25) is 9.59 Å². The molecule has 0 spiro atoms. The molecule has 1 aromatic carbocycles. The van der Waals surface area contributed by atoms with E-state index in [1.165, 1.54) is 0 Å². The third-order valence-electron chi connectivity index (χ3n) is 3.65. The SMILES string of the molecule is Cc1cc(Cl)ccc1NCC(=O)NC1CCN(C)C(=O)C1. The van der Waals surface area contributed by atoms with Crippen LogP contribution in [-0.4, -0.2) is 42.9 Å². The summed E-state index contributed by atoms with van der Waals surface area (Å²) in [7, 11) is 1.78. The van der Waals surface area contributed by atoms with E-state index < -0.39 is 0 Å². The van der Waals surface area contributed by atoms with Crippen molar-refractivity contribution in [1.82, 2.24) is 10.2 Å². The normalized spacial score (nSPS) is 18.5. The zero-order chi connectivity index (χ0) is 15.4. The first-order valence-corrected chi connectivity index (χ1v) is 7.37. The molecule has 1 unspecified atom stereocenters. The lowest BCUT2D eigenvalue weighted by atomic mass is 10.0. The Morgan fingerprint density at radius 1 is 1.48 bits per heavy atom. The molecule has 2 amide bonds. The number of aryl methyl sites for hydroxylation is 1. The molecule has 0 radical (unpaired) electrons. The second-order valence-corrected chi connectivity index (χ2v) is 5.82. The molecule has 0 aromatic heterocycles. The van der Waals surface area contributed by atoms with E-state index in [2.05, 4.69) is 10.6 Å². The van der Waals surface area contributed by atoms with Gasteiger partial charge in [0.1, 0.15) is 0 Å². The molecule has 1 aromatic rings. The molecule has 1 atom stereocenters. The topological polar surface area (TPSA) is 61.4 Å². The van der Waals surface area contributed by atoms with Crippen molar-refractivity contribution in [2.75, 3.05) is 25.5 Å². The van der Waals surface area contributed by atoms with Gasteiger partial charge in [-0.05, 0) is 37.1 Å². The van der Waals surface area contributed by atoms with Gasteiger partial charge in [-0.2, -0.15) is 0 Å². The number of anilines is 1. The van der Waals surface area contributed by atoms with Crippen molar-refractivity contribution in [2.45, 2.75) is 25.8 Å². The van der Waals surface area contributed by atoms with Crippen molar-refractivity contribution in [3.05, 3.63) is 28.8 Å². The molecule has 1 fully saturated rings. The zero-order valence-electron chi connectivity index (χ0n) is 12.3. The van der Waals surface area contributed by atoms with Crippen LogP contribution in [0.2, 0.25) is 5.02 Å². The first kappa shape index (κ1) is 15.6. The molecule has 0 bridgehead atoms. The van der Waals surface area contributed by atoms with Crippen molar-refractivity contribution < 1.29 is 9.59 Å². The molecule has 1 aliphatic rings. The lowest BCUT2D eigenvalue weighted by molar-refractivity contribution is -0.133. The Balaban J connectivity index is 1.81. The number of amides is 2.